The molecule has 0 amide bonds. The molecule has 0 bridgehead atoms. The molecule has 3 heteroatoms. The second-order valence-electron chi connectivity index (χ2n) is 6.22. The predicted molar refractivity (Wildman–Crippen MR) is 93.3 cm³/mol. The predicted octanol–water partition coefficient (Wildman–Crippen LogP) is 4.31. The summed E-state index contributed by atoms with van der Waals surface area (Å²) in [5, 5.41) is 0. The molecule has 0 aliphatic heterocycles. The van der Waals surface area contributed by atoms with Gasteiger partial charge in [-0.25, -0.2) is 0 Å². The number of carbonyl (C=O) groups excluding carboxylic acids is 2. The van der Waals surface area contributed by atoms with Gasteiger partial charge in [-0.05, 0) is 42.0 Å². The number of ether oxygens (including phenoxy) is 1. The van der Waals surface area contributed by atoms with Gasteiger partial charge in [0.15, 0.2) is 5.78 Å². The van der Waals surface area contributed by atoms with E-state index in [0.717, 1.165) is 24.0 Å². The van der Waals surface area contributed by atoms with Gasteiger partial charge in [-0.15, -0.1) is 0 Å². The van der Waals surface area contributed by atoms with Gasteiger partial charge in [0.2, 0.25) is 0 Å². The van der Waals surface area contributed by atoms with Gasteiger partial charge >= 0.3 is 0 Å². The Bertz CT molecular complexity index is 792. The van der Waals surface area contributed by atoms with Crippen LogP contribution in [0.1, 0.15) is 64.0 Å². The molecule has 0 spiro atoms. The van der Waals surface area contributed by atoms with Gasteiger partial charge in [0, 0.05) is 11.1 Å². The number of fused-ring (bicyclic) bond motifs is 1. The van der Waals surface area contributed by atoms with Gasteiger partial charge in [0.05, 0.1) is 5.92 Å². The van der Waals surface area contributed by atoms with E-state index >= 15 is 0 Å². The van der Waals surface area contributed by atoms with Crippen molar-refractivity contribution in [3.63, 3.8) is 0 Å². The highest BCUT2D eigenvalue weighted by molar-refractivity contribution is 6.06. The van der Waals surface area contributed by atoms with E-state index in [9.17, 15) is 9.59 Å². The largest absolute Gasteiger partial charge is 0.459 e. The lowest BCUT2D eigenvalue weighted by molar-refractivity contribution is -0.134. The fourth-order valence-corrected chi connectivity index (χ4v) is 4.00. The van der Waals surface area contributed by atoms with Crippen LogP contribution < -0.4 is 0 Å². The van der Waals surface area contributed by atoms with Crippen LogP contribution in [0.5, 0.6) is 0 Å². The lowest BCUT2D eigenvalue weighted by Gasteiger charge is -2.23. The molecule has 3 nitrogen and oxygen atoms in total. The highest BCUT2D eigenvalue weighted by Gasteiger charge is 2.43. The average molecular weight is 322 g/mol. The average Bonchev–Trinajstić information content (AvgIpc) is 2.88. The zero-order valence-electron chi connectivity index (χ0n) is 14.3. The number of Topliss-reactive ketones (excluding diaryl/α,β-unsaturated/α-hetero) is 1. The molecule has 0 fully saturated rings. The fourth-order valence-electron chi connectivity index (χ4n) is 4.00. The summed E-state index contributed by atoms with van der Waals surface area (Å²) in [4.78, 5) is 24.1. The van der Waals surface area contributed by atoms with Crippen LogP contribution in [0.2, 0.25) is 0 Å². The zero-order valence-corrected chi connectivity index (χ0v) is 14.3. The number of benzene rings is 2. The standard InChI is InChI=1S/C21H22O3/c1-4-14-13(3)10-11-16(15(14)5-2)19-20(23)17-8-6-7-9-18(17)21(19)24-12-22/h6-12,19,21H,4-5H2,1-3H3. The summed E-state index contributed by atoms with van der Waals surface area (Å²) in [5.41, 5.74) is 6.21. The molecular weight excluding hydrogens is 300 g/mol. The Morgan fingerprint density at radius 3 is 2.38 bits per heavy atom. The van der Waals surface area contributed by atoms with Crippen molar-refractivity contribution in [1.82, 2.24) is 0 Å². The van der Waals surface area contributed by atoms with E-state index < -0.39 is 12.0 Å². The molecule has 0 saturated carbocycles. The van der Waals surface area contributed by atoms with Crippen molar-refractivity contribution in [3.8, 4) is 0 Å². The Morgan fingerprint density at radius 1 is 1.00 bits per heavy atom. The molecule has 24 heavy (non-hydrogen) atoms. The van der Waals surface area contributed by atoms with Crippen LogP contribution >= 0.6 is 0 Å². The van der Waals surface area contributed by atoms with E-state index in [1.54, 1.807) is 0 Å². The minimum Gasteiger partial charge on any atom is -0.459 e. The molecule has 0 radical (unpaired) electrons. The number of rotatable bonds is 5. The quantitative estimate of drug-likeness (QED) is 0.770. The number of hydrogen-bond donors (Lipinski definition) is 0. The smallest absolute Gasteiger partial charge is 0.293 e. The Balaban J connectivity index is 2.19. The first kappa shape index (κ1) is 16.4. The lowest BCUT2D eigenvalue weighted by atomic mass is 9.84. The highest BCUT2D eigenvalue weighted by Crippen LogP contribution is 2.46. The van der Waals surface area contributed by atoms with Crippen LogP contribution in [0.25, 0.3) is 0 Å². The topological polar surface area (TPSA) is 43.4 Å². The van der Waals surface area contributed by atoms with Crippen molar-refractivity contribution in [1.29, 1.82) is 0 Å². The molecule has 3 rings (SSSR count). The summed E-state index contributed by atoms with van der Waals surface area (Å²) in [6.07, 6.45) is 1.24. The van der Waals surface area contributed by atoms with Crippen LogP contribution in [-0.2, 0) is 22.4 Å². The second kappa shape index (κ2) is 6.60. The third-order valence-corrected chi connectivity index (χ3v) is 5.06. The van der Waals surface area contributed by atoms with E-state index in [2.05, 4.69) is 26.8 Å². The van der Waals surface area contributed by atoms with Gasteiger partial charge in [-0.1, -0.05) is 50.2 Å². The van der Waals surface area contributed by atoms with Gasteiger partial charge in [0.25, 0.3) is 6.47 Å². The van der Waals surface area contributed by atoms with Crippen molar-refractivity contribution in [2.75, 3.05) is 0 Å². The van der Waals surface area contributed by atoms with Crippen molar-refractivity contribution >= 4 is 12.3 Å². The minimum absolute atomic E-state index is 0.0399. The molecule has 1 aliphatic carbocycles. The molecule has 2 atom stereocenters. The third-order valence-electron chi connectivity index (χ3n) is 5.06. The van der Waals surface area contributed by atoms with Crippen LogP contribution in [0.3, 0.4) is 0 Å². The van der Waals surface area contributed by atoms with Gasteiger partial charge < -0.3 is 4.74 Å². The van der Waals surface area contributed by atoms with E-state index in [0.29, 0.717) is 12.0 Å². The number of hydrogen-bond acceptors (Lipinski definition) is 3. The highest BCUT2D eigenvalue weighted by atomic mass is 16.5. The maximum absolute atomic E-state index is 13.0. The Kier molecular flexibility index (Phi) is 4.52. The Morgan fingerprint density at radius 2 is 1.71 bits per heavy atom. The molecule has 0 saturated heterocycles. The Hall–Kier alpha value is -2.42. The summed E-state index contributed by atoms with van der Waals surface area (Å²) >= 11 is 0. The maximum atomic E-state index is 13.0. The van der Waals surface area contributed by atoms with E-state index in [4.69, 9.17) is 4.74 Å². The number of carbonyl (C=O) groups is 2. The maximum Gasteiger partial charge on any atom is 0.293 e. The molecule has 0 heterocycles. The lowest BCUT2D eigenvalue weighted by Crippen LogP contribution is -2.17. The van der Waals surface area contributed by atoms with Crippen molar-refractivity contribution in [2.24, 2.45) is 0 Å². The van der Waals surface area contributed by atoms with Crippen molar-refractivity contribution in [3.05, 3.63) is 69.8 Å². The number of aryl methyl sites for hydroxylation is 1. The Labute approximate surface area is 142 Å². The summed E-state index contributed by atoms with van der Waals surface area (Å²) in [6.45, 7) is 6.80. The van der Waals surface area contributed by atoms with E-state index in [1.165, 1.54) is 16.7 Å². The SMILES string of the molecule is CCc1c(C)ccc(C2C(=O)c3ccccc3C2OC=O)c1CC. The summed E-state index contributed by atoms with van der Waals surface area (Å²) in [6, 6.07) is 11.5. The molecule has 124 valence electrons. The monoisotopic (exact) mass is 322 g/mol. The molecule has 2 unspecified atom stereocenters. The summed E-state index contributed by atoms with van der Waals surface area (Å²) < 4.78 is 5.37. The number of ketones is 1. The molecular formula is C21H22O3. The van der Waals surface area contributed by atoms with Crippen LogP contribution in [0, 0.1) is 6.92 Å². The van der Waals surface area contributed by atoms with Gasteiger partial charge in [-0.2, -0.15) is 0 Å². The van der Waals surface area contributed by atoms with Crippen LogP contribution in [0.4, 0.5) is 0 Å². The molecule has 1 aliphatic rings. The molecule has 0 N–H and O–H groups in total. The van der Waals surface area contributed by atoms with Gasteiger partial charge in [-0.3, -0.25) is 9.59 Å². The first-order chi connectivity index (χ1) is 11.6. The van der Waals surface area contributed by atoms with E-state index in [1.807, 2.05) is 30.3 Å². The fraction of sp³-hybridized carbons (Fsp3) is 0.333. The van der Waals surface area contributed by atoms with Crippen molar-refractivity contribution in [2.45, 2.75) is 45.6 Å². The van der Waals surface area contributed by atoms with E-state index in [-0.39, 0.29) is 5.78 Å². The molecule has 2 aromatic carbocycles. The third kappa shape index (κ3) is 2.44. The summed E-state index contributed by atoms with van der Waals surface area (Å²) in [5.74, 6) is -0.411. The molecule has 2 aromatic rings. The van der Waals surface area contributed by atoms with Crippen molar-refractivity contribution < 1.29 is 14.3 Å². The van der Waals surface area contributed by atoms with Gasteiger partial charge in [0.1, 0.15) is 6.10 Å². The summed E-state index contributed by atoms with van der Waals surface area (Å²) in [7, 11) is 0. The second-order valence-corrected chi connectivity index (χ2v) is 6.22. The first-order valence-corrected chi connectivity index (χ1v) is 8.47. The van der Waals surface area contributed by atoms with Crippen LogP contribution in [0.15, 0.2) is 36.4 Å². The normalized spacial score (nSPS) is 19.2. The zero-order chi connectivity index (χ0) is 17.3. The van der Waals surface area contributed by atoms with Crippen LogP contribution in [-0.4, -0.2) is 12.3 Å². The first-order valence-electron chi connectivity index (χ1n) is 8.47. The molecule has 0 aromatic heterocycles. The minimum atomic E-state index is -0.538.